The molecular weight excluding hydrogens is 340 g/mol. The predicted molar refractivity (Wildman–Crippen MR) is 102 cm³/mol. The van der Waals surface area contributed by atoms with Crippen molar-refractivity contribution in [2.24, 2.45) is 5.41 Å². The number of benzene rings is 2. The molecule has 138 valence electrons. The first-order chi connectivity index (χ1) is 12.8. The Labute approximate surface area is 158 Å². The van der Waals surface area contributed by atoms with Gasteiger partial charge in [-0.3, -0.25) is 9.59 Å². The minimum Gasteiger partial charge on any atom is -0.481 e. The zero-order valence-electron chi connectivity index (χ0n) is 15.5. The van der Waals surface area contributed by atoms with Crippen LogP contribution in [0.1, 0.15) is 37.0 Å². The number of fused-ring (bicyclic) bond motifs is 1. The maximum atomic E-state index is 12.5. The first-order valence-electron chi connectivity index (χ1n) is 8.88. The number of nitrogens with one attached hydrogen (secondary N) is 1. The van der Waals surface area contributed by atoms with E-state index in [1.807, 2.05) is 38.1 Å². The summed E-state index contributed by atoms with van der Waals surface area (Å²) in [6, 6.07) is 17.0. The predicted octanol–water partition coefficient (Wildman–Crippen LogP) is 3.69. The van der Waals surface area contributed by atoms with Crippen LogP contribution < -0.4 is 5.32 Å². The van der Waals surface area contributed by atoms with E-state index < -0.39 is 16.8 Å². The molecule has 1 amide bonds. The summed E-state index contributed by atoms with van der Waals surface area (Å²) < 4.78 is 0. The summed E-state index contributed by atoms with van der Waals surface area (Å²) in [6.45, 7) is 3.66. The van der Waals surface area contributed by atoms with E-state index in [2.05, 4.69) is 11.4 Å². The van der Waals surface area contributed by atoms with Crippen LogP contribution in [0.2, 0.25) is 0 Å². The van der Waals surface area contributed by atoms with Crippen molar-refractivity contribution in [3.63, 3.8) is 0 Å². The molecule has 0 saturated carbocycles. The number of anilines is 1. The lowest BCUT2D eigenvalue weighted by Gasteiger charge is -2.23. The van der Waals surface area contributed by atoms with Crippen LogP contribution in [-0.2, 0) is 27.8 Å². The quantitative estimate of drug-likeness (QED) is 0.849. The normalized spacial score (nSPS) is 14.9. The number of rotatable bonds is 5. The molecule has 1 aliphatic carbocycles. The molecule has 1 aliphatic rings. The minimum atomic E-state index is -1.10. The van der Waals surface area contributed by atoms with Gasteiger partial charge < -0.3 is 10.4 Å². The smallest absolute Gasteiger partial charge is 0.310 e. The third kappa shape index (κ3) is 3.70. The Bertz CT molecular complexity index is 898. The Hall–Kier alpha value is -3.13. The van der Waals surface area contributed by atoms with Gasteiger partial charge in [0.15, 0.2) is 0 Å². The SMILES string of the molecule is CC(C)(C#N)c1ccc(NC(=O)CC2(C(=O)O)Cc3ccccc3C2)cc1. The number of nitriles is 1. The molecule has 3 rings (SSSR count). The highest BCUT2D eigenvalue weighted by molar-refractivity contribution is 5.94. The molecule has 0 atom stereocenters. The number of hydrogen-bond donors (Lipinski definition) is 2. The molecule has 0 fully saturated rings. The van der Waals surface area contributed by atoms with Gasteiger partial charge in [0.2, 0.25) is 5.91 Å². The Balaban J connectivity index is 1.72. The Morgan fingerprint density at radius 3 is 2.15 bits per heavy atom. The van der Waals surface area contributed by atoms with Gasteiger partial charge in [-0.05, 0) is 55.5 Å². The molecular formula is C22H22N2O3. The molecule has 0 aliphatic heterocycles. The Morgan fingerprint density at radius 1 is 1.11 bits per heavy atom. The first-order valence-corrected chi connectivity index (χ1v) is 8.88. The third-order valence-electron chi connectivity index (χ3n) is 5.30. The summed E-state index contributed by atoms with van der Waals surface area (Å²) in [4.78, 5) is 24.5. The minimum absolute atomic E-state index is 0.0809. The molecule has 0 aromatic heterocycles. The summed E-state index contributed by atoms with van der Waals surface area (Å²) in [5.41, 5.74) is 1.73. The van der Waals surface area contributed by atoms with E-state index in [-0.39, 0.29) is 12.3 Å². The van der Waals surface area contributed by atoms with E-state index in [0.717, 1.165) is 16.7 Å². The van der Waals surface area contributed by atoms with Gasteiger partial charge in [-0.25, -0.2) is 0 Å². The second-order valence-electron chi connectivity index (χ2n) is 7.75. The molecule has 27 heavy (non-hydrogen) atoms. The largest absolute Gasteiger partial charge is 0.481 e. The van der Waals surface area contributed by atoms with Crippen molar-refractivity contribution in [2.75, 3.05) is 5.32 Å². The van der Waals surface area contributed by atoms with Crippen molar-refractivity contribution in [3.05, 3.63) is 65.2 Å². The zero-order chi connectivity index (χ0) is 19.7. The summed E-state index contributed by atoms with van der Waals surface area (Å²) in [5, 5.41) is 21.8. The number of hydrogen-bond acceptors (Lipinski definition) is 3. The second-order valence-corrected chi connectivity index (χ2v) is 7.75. The molecule has 0 bridgehead atoms. The van der Waals surface area contributed by atoms with E-state index in [1.165, 1.54) is 0 Å². The third-order valence-corrected chi connectivity index (χ3v) is 5.30. The molecule has 0 spiro atoms. The summed E-state index contributed by atoms with van der Waals surface area (Å²) in [6.07, 6.45) is 0.644. The number of carbonyl (C=O) groups excluding carboxylic acids is 1. The summed E-state index contributed by atoms with van der Waals surface area (Å²) >= 11 is 0. The van der Waals surface area contributed by atoms with Gasteiger partial charge in [-0.1, -0.05) is 36.4 Å². The highest BCUT2D eigenvalue weighted by atomic mass is 16.4. The van der Waals surface area contributed by atoms with E-state index in [0.29, 0.717) is 18.5 Å². The maximum absolute atomic E-state index is 12.5. The molecule has 0 heterocycles. The van der Waals surface area contributed by atoms with E-state index >= 15 is 0 Å². The molecule has 2 N–H and O–H groups in total. The van der Waals surface area contributed by atoms with Crippen molar-refractivity contribution >= 4 is 17.6 Å². The summed E-state index contributed by atoms with van der Waals surface area (Å²) in [7, 11) is 0. The van der Waals surface area contributed by atoms with Crippen LogP contribution in [-0.4, -0.2) is 17.0 Å². The van der Waals surface area contributed by atoms with Gasteiger partial charge >= 0.3 is 5.97 Å². The number of nitrogens with zero attached hydrogens (tertiary/aromatic N) is 1. The van der Waals surface area contributed by atoms with Gasteiger partial charge in [0.05, 0.1) is 16.9 Å². The van der Waals surface area contributed by atoms with Crippen LogP contribution in [0, 0.1) is 16.7 Å². The van der Waals surface area contributed by atoms with Crippen molar-refractivity contribution in [1.29, 1.82) is 5.26 Å². The highest BCUT2D eigenvalue weighted by Crippen LogP contribution is 2.40. The van der Waals surface area contributed by atoms with Gasteiger partial charge in [0, 0.05) is 12.1 Å². The van der Waals surface area contributed by atoms with Crippen LogP contribution >= 0.6 is 0 Å². The van der Waals surface area contributed by atoms with Crippen LogP contribution in [0.15, 0.2) is 48.5 Å². The highest BCUT2D eigenvalue weighted by Gasteiger charge is 2.45. The number of carbonyl (C=O) groups is 2. The fourth-order valence-electron chi connectivity index (χ4n) is 3.59. The lowest BCUT2D eigenvalue weighted by atomic mass is 9.81. The fraction of sp³-hybridized carbons (Fsp3) is 0.318. The maximum Gasteiger partial charge on any atom is 0.310 e. The van der Waals surface area contributed by atoms with E-state index in [9.17, 15) is 20.0 Å². The molecule has 5 nitrogen and oxygen atoms in total. The average molecular weight is 362 g/mol. The van der Waals surface area contributed by atoms with E-state index in [1.54, 1.807) is 24.3 Å². The monoisotopic (exact) mass is 362 g/mol. The molecule has 2 aromatic rings. The van der Waals surface area contributed by atoms with Crippen molar-refractivity contribution in [3.8, 4) is 6.07 Å². The molecule has 0 saturated heterocycles. The van der Waals surface area contributed by atoms with Crippen molar-refractivity contribution in [1.82, 2.24) is 0 Å². The van der Waals surface area contributed by atoms with Gasteiger partial charge in [-0.2, -0.15) is 5.26 Å². The zero-order valence-corrected chi connectivity index (χ0v) is 15.5. The fourth-order valence-corrected chi connectivity index (χ4v) is 3.59. The standard InChI is InChI=1S/C22H22N2O3/c1-21(2,14-23)17-7-9-18(10-8-17)24-19(25)13-22(20(26)27)11-15-5-3-4-6-16(15)12-22/h3-10H,11-13H2,1-2H3,(H,24,25)(H,26,27). The number of amides is 1. The number of carboxylic acid groups (broad SMARTS) is 1. The molecule has 0 radical (unpaired) electrons. The molecule has 0 unspecified atom stereocenters. The lowest BCUT2D eigenvalue weighted by molar-refractivity contribution is -0.150. The van der Waals surface area contributed by atoms with Crippen molar-refractivity contribution < 1.29 is 14.7 Å². The topological polar surface area (TPSA) is 90.2 Å². The van der Waals surface area contributed by atoms with Gasteiger partial charge in [0.25, 0.3) is 0 Å². The van der Waals surface area contributed by atoms with Gasteiger partial charge in [0.1, 0.15) is 0 Å². The van der Waals surface area contributed by atoms with Crippen LogP contribution in [0.3, 0.4) is 0 Å². The number of aliphatic carboxylic acids is 1. The van der Waals surface area contributed by atoms with Crippen molar-refractivity contribution in [2.45, 2.75) is 38.5 Å². The average Bonchev–Trinajstić information content (AvgIpc) is 3.01. The Morgan fingerprint density at radius 2 is 1.67 bits per heavy atom. The summed E-state index contributed by atoms with van der Waals surface area (Å²) in [5.74, 6) is -1.27. The second kappa shape index (κ2) is 6.88. The van der Waals surface area contributed by atoms with Crippen LogP contribution in [0.4, 0.5) is 5.69 Å². The number of carboxylic acids is 1. The molecule has 5 heteroatoms. The van der Waals surface area contributed by atoms with E-state index in [4.69, 9.17) is 0 Å². The van der Waals surface area contributed by atoms with Gasteiger partial charge in [-0.15, -0.1) is 0 Å². The Kier molecular flexibility index (Phi) is 4.75. The van der Waals surface area contributed by atoms with Crippen LogP contribution in [0.5, 0.6) is 0 Å². The molecule has 2 aromatic carbocycles. The first kappa shape index (κ1) is 18.7. The lowest BCUT2D eigenvalue weighted by Crippen LogP contribution is -2.36. The van der Waals surface area contributed by atoms with Crippen LogP contribution in [0.25, 0.3) is 0 Å².